The number of allylic oxidation sites excluding steroid dienone is 3. The Labute approximate surface area is 228 Å². The number of likely N-dealkylation sites (N-methyl/N-ethyl adjacent to an activating group) is 1. The van der Waals surface area contributed by atoms with Crippen LogP contribution in [-0.4, -0.2) is 81.9 Å². The summed E-state index contributed by atoms with van der Waals surface area (Å²) in [6.45, 7) is 1.67. The maximum Gasteiger partial charge on any atom is 0.417 e. The summed E-state index contributed by atoms with van der Waals surface area (Å²) in [7, 11) is 4.00. The molecule has 1 saturated heterocycles. The van der Waals surface area contributed by atoms with Gasteiger partial charge in [0.2, 0.25) is 5.91 Å². The average Bonchev–Trinajstić information content (AvgIpc) is 3.30. The molecule has 1 aliphatic carbocycles. The normalized spacial score (nSPS) is 17.9. The summed E-state index contributed by atoms with van der Waals surface area (Å²) < 4.78 is 40.7. The molecule has 1 unspecified atom stereocenters. The number of piperazine rings is 1. The number of carbonyl (C=O) groups excluding carboxylic acids is 1. The molecule has 13 heteroatoms. The number of hydrogen-bond acceptors (Lipinski definition) is 7. The van der Waals surface area contributed by atoms with Gasteiger partial charge in [-0.25, -0.2) is 9.97 Å². The van der Waals surface area contributed by atoms with Gasteiger partial charge in [0, 0.05) is 70.5 Å². The van der Waals surface area contributed by atoms with Gasteiger partial charge in [-0.05, 0) is 18.6 Å². The number of carbonyl (C=O) groups is 1. The summed E-state index contributed by atoms with van der Waals surface area (Å²) in [5, 5.41) is 3.24. The number of aromatic nitrogens is 4. The van der Waals surface area contributed by atoms with E-state index in [0.717, 1.165) is 35.9 Å². The Kier molecular flexibility index (Phi) is 7.39. The maximum atomic E-state index is 13.1. The van der Waals surface area contributed by atoms with Gasteiger partial charge < -0.3 is 20.0 Å². The highest BCUT2D eigenvalue weighted by Crippen LogP contribution is 2.34. The van der Waals surface area contributed by atoms with Crippen molar-refractivity contribution < 1.29 is 18.0 Å². The lowest BCUT2D eigenvalue weighted by atomic mass is 9.95. The Morgan fingerprint density at radius 3 is 2.62 bits per heavy atom. The van der Waals surface area contributed by atoms with Crippen LogP contribution in [0.1, 0.15) is 23.6 Å². The van der Waals surface area contributed by atoms with Gasteiger partial charge in [0.05, 0.1) is 29.0 Å². The van der Waals surface area contributed by atoms with Crippen molar-refractivity contribution in [3.8, 4) is 0 Å². The summed E-state index contributed by atoms with van der Waals surface area (Å²) in [5.41, 5.74) is 1.77. The van der Waals surface area contributed by atoms with E-state index in [1.165, 1.54) is 0 Å². The first-order chi connectivity index (χ1) is 18.6. The third-order valence-electron chi connectivity index (χ3n) is 6.89. The lowest BCUT2D eigenvalue weighted by molar-refractivity contribution is -0.137. The molecule has 3 aromatic rings. The molecule has 0 bridgehead atoms. The second-order valence-corrected chi connectivity index (χ2v) is 10.0. The minimum atomic E-state index is -4.51. The molecule has 39 heavy (non-hydrogen) atoms. The molecule has 0 aromatic carbocycles. The van der Waals surface area contributed by atoms with E-state index < -0.39 is 11.7 Å². The van der Waals surface area contributed by atoms with Crippen molar-refractivity contribution in [3.05, 3.63) is 71.1 Å². The van der Waals surface area contributed by atoms with Crippen LogP contribution in [0.4, 0.5) is 24.8 Å². The molecule has 9 nitrogen and oxygen atoms in total. The van der Waals surface area contributed by atoms with Crippen LogP contribution < -0.4 is 10.2 Å². The van der Waals surface area contributed by atoms with Gasteiger partial charge in [-0.3, -0.25) is 14.2 Å². The molecule has 4 heterocycles. The van der Waals surface area contributed by atoms with Gasteiger partial charge in [-0.1, -0.05) is 23.8 Å². The zero-order valence-corrected chi connectivity index (χ0v) is 22.2. The molecule has 1 atom stereocenters. The van der Waals surface area contributed by atoms with Crippen molar-refractivity contribution in [2.45, 2.75) is 18.5 Å². The highest BCUT2D eigenvalue weighted by atomic mass is 35.5. The number of fused-ring (bicyclic) bond motifs is 1. The number of imidazole rings is 1. The van der Waals surface area contributed by atoms with Crippen molar-refractivity contribution in [2.24, 2.45) is 0 Å². The quantitative estimate of drug-likeness (QED) is 0.487. The number of hydrogen-bond donors (Lipinski definition) is 1. The average molecular weight is 561 g/mol. The van der Waals surface area contributed by atoms with Crippen LogP contribution in [0.2, 0.25) is 5.02 Å². The first kappa shape index (κ1) is 26.8. The Morgan fingerprint density at radius 1 is 1.21 bits per heavy atom. The standard InChI is InChI=1S/C26H28ClF3N8O/c1-35(2)19-5-3-17(4-6-19)23-25(38-8-7-31-15-21(38)34-23)33-16-22(39)36-9-11-37(12-10-36)24-20(27)13-18(14-32-24)26(28,29)30/h3,5-8,13-15,17,33H,4,9-12,16H2,1-2H3. The fourth-order valence-electron chi connectivity index (χ4n) is 4.76. The fourth-order valence-corrected chi connectivity index (χ4v) is 5.05. The summed E-state index contributed by atoms with van der Waals surface area (Å²) in [6, 6.07) is 0.882. The predicted octanol–water partition coefficient (Wildman–Crippen LogP) is 4.05. The van der Waals surface area contributed by atoms with Gasteiger partial charge in [-0.2, -0.15) is 13.2 Å². The number of alkyl halides is 3. The molecule has 0 spiro atoms. The van der Waals surface area contributed by atoms with Crippen LogP contribution >= 0.6 is 11.6 Å². The number of nitrogens with one attached hydrogen (secondary N) is 1. The topological polar surface area (TPSA) is 81.9 Å². The van der Waals surface area contributed by atoms with Gasteiger partial charge in [-0.15, -0.1) is 0 Å². The van der Waals surface area contributed by atoms with E-state index in [2.05, 4.69) is 38.4 Å². The Hall–Kier alpha value is -3.80. The summed E-state index contributed by atoms with van der Waals surface area (Å²) >= 11 is 6.11. The predicted molar refractivity (Wildman–Crippen MR) is 143 cm³/mol. The minimum absolute atomic E-state index is 0.0516. The van der Waals surface area contributed by atoms with Crippen molar-refractivity contribution in [1.29, 1.82) is 0 Å². The van der Waals surface area contributed by atoms with E-state index in [1.807, 2.05) is 24.7 Å². The van der Waals surface area contributed by atoms with Gasteiger partial charge >= 0.3 is 6.18 Å². The fraction of sp³-hybridized carbons (Fsp3) is 0.385. The largest absolute Gasteiger partial charge is 0.417 e. The third kappa shape index (κ3) is 5.65. The molecule has 1 fully saturated rings. The maximum absolute atomic E-state index is 13.1. The Morgan fingerprint density at radius 2 is 1.97 bits per heavy atom. The lowest BCUT2D eigenvalue weighted by Crippen LogP contribution is -2.50. The first-order valence-electron chi connectivity index (χ1n) is 12.5. The molecular weight excluding hydrogens is 533 g/mol. The van der Waals surface area contributed by atoms with Gasteiger partial charge in [0.15, 0.2) is 5.65 Å². The van der Waals surface area contributed by atoms with Crippen LogP contribution in [0.5, 0.6) is 0 Å². The Balaban J connectivity index is 1.24. The summed E-state index contributed by atoms with van der Waals surface area (Å²) in [4.78, 5) is 31.6. The first-order valence-corrected chi connectivity index (χ1v) is 12.9. The zero-order valence-electron chi connectivity index (χ0n) is 21.5. The van der Waals surface area contributed by atoms with Crippen LogP contribution in [0, 0.1) is 0 Å². The summed E-state index contributed by atoms with van der Waals surface area (Å²) in [5.74, 6) is 0.989. The smallest absolute Gasteiger partial charge is 0.378 e. The number of rotatable bonds is 6. The van der Waals surface area contributed by atoms with E-state index in [9.17, 15) is 18.0 Å². The van der Waals surface area contributed by atoms with E-state index in [0.29, 0.717) is 31.8 Å². The molecule has 2 aliphatic rings. The highest BCUT2D eigenvalue weighted by molar-refractivity contribution is 6.33. The third-order valence-corrected chi connectivity index (χ3v) is 7.17. The SMILES string of the molecule is CN(C)C1=CCC(c2nc3cnccn3c2NCC(=O)N2CCN(c3ncc(C(F)(F)F)cc3Cl)CC2)C=C1. The van der Waals surface area contributed by atoms with Crippen molar-refractivity contribution in [2.75, 3.05) is 57.0 Å². The van der Waals surface area contributed by atoms with E-state index in [-0.39, 0.29) is 29.2 Å². The van der Waals surface area contributed by atoms with Crippen molar-refractivity contribution >= 4 is 34.8 Å². The Bertz CT molecular complexity index is 1430. The minimum Gasteiger partial charge on any atom is -0.378 e. The van der Waals surface area contributed by atoms with E-state index in [1.54, 1.807) is 22.2 Å². The van der Waals surface area contributed by atoms with E-state index in [4.69, 9.17) is 16.6 Å². The second-order valence-electron chi connectivity index (χ2n) is 9.62. The molecule has 0 radical (unpaired) electrons. The van der Waals surface area contributed by atoms with Gasteiger partial charge in [0.1, 0.15) is 11.6 Å². The van der Waals surface area contributed by atoms with Crippen LogP contribution in [0.25, 0.3) is 5.65 Å². The number of halogens is 4. The van der Waals surface area contributed by atoms with Crippen molar-refractivity contribution in [3.63, 3.8) is 0 Å². The van der Waals surface area contributed by atoms with Gasteiger partial charge in [0.25, 0.3) is 0 Å². The molecule has 1 aliphatic heterocycles. The van der Waals surface area contributed by atoms with E-state index >= 15 is 0 Å². The molecule has 1 N–H and O–H groups in total. The second kappa shape index (κ2) is 10.8. The molecule has 3 aromatic heterocycles. The molecular formula is C26H28ClF3N8O. The number of amides is 1. The number of nitrogens with zero attached hydrogens (tertiary/aromatic N) is 7. The molecule has 0 saturated carbocycles. The molecule has 206 valence electrons. The van der Waals surface area contributed by atoms with Crippen LogP contribution in [0.15, 0.2) is 54.8 Å². The molecule has 5 rings (SSSR count). The summed E-state index contributed by atoms with van der Waals surface area (Å²) in [6.07, 6.45) is 8.58. The van der Waals surface area contributed by atoms with Crippen LogP contribution in [0.3, 0.4) is 0 Å². The highest BCUT2D eigenvalue weighted by Gasteiger charge is 2.32. The zero-order chi connectivity index (χ0) is 27.7. The van der Waals surface area contributed by atoms with Crippen LogP contribution in [-0.2, 0) is 11.0 Å². The number of pyridine rings is 1. The number of anilines is 2. The molecule has 1 amide bonds. The van der Waals surface area contributed by atoms with Crippen molar-refractivity contribution in [1.82, 2.24) is 29.2 Å². The monoisotopic (exact) mass is 560 g/mol. The lowest BCUT2D eigenvalue weighted by Gasteiger charge is -2.36.